The topological polar surface area (TPSA) is 77.5 Å². The molecule has 28 heavy (non-hydrogen) atoms. The van der Waals surface area contributed by atoms with Gasteiger partial charge in [-0.15, -0.1) is 0 Å². The maximum absolute atomic E-state index is 12.3. The molecule has 140 valence electrons. The van der Waals surface area contributed by atoms with Crippen molar-refractivity contribution >= 4 is 16.9 Å². The van der Waals surface area contributed by atoms with Gasteiger partial charge in [-0.3, -0.25) is 4.79 Å². The van der Waals surface area contributed by atoms with Crippen LogP contribution in [-0.4, -0.2) is 17.2 Å². The molecule has 3 heterocycles. The molecule has 0 spiro atoms. The first-order chi connectivity index (χ1) is 13.7. The Kier molecular flexibility index (Phi) is 3.90. The number of furan rings is 1. The third-order valence-corrected chi connectivity index (χ3v) is 4.82. The van der Waals surface area contributed by atoms with Crippen molar-refractivity contribution in [3.8, 4) is 17.1 Å². The van der Waals surface area contributed by atoms with Crippen molar-refractivity contribution < 1.29 is 18.5 Å². The van der Waals surface area contributed by atoms with Gasteiger partial charge in [0.05, 0.1) is 6.54 Å². The minimum Gasteiger partial charge on any atom is -0.490 e. The molecule has 1 atom stereocenters. The molecule has 4 aromatic rings. The zero-order chi connectivity index (χ0) is 19.1. The second kappa shape index (κ2) is 6.56. The van der Waals surface area contributed by atoms with Gasteiger partial charge in [0.15, 0.2) is 11.5 Å². The van der Waals surface area contributed by atoms with Gasteiger partial charge in [0.1, 0.15) is 23.1 Å². The van der Waals surface area contributed by atoms with Crippen molar-refractivity contribution in [2.24, 2.45) is 0 Å². The van der Waals surface area contributed by atoms with Crippen molar-refractivity contribution in [1.29, 1.82) is 0 Å². The summed E-state index contributed by atoms with van der Waals surface area (Å²) in [4.78, 5) is 12.3. The number of nitrogens with one attached hydrogen (secondary N) is 1. The van der Waals surface area contributed by atoms with Crippen LogP contribution in [0, 0.1) is 0 Å². The number of ether oxygens (including phenoxy) is 1. The van der Waals surface area contributed by atoms with E-state index in [2.05, 4.69) is 23.5 Å². The maximum atomic E-state index is 12.3. The molecule has 0 saturated carbocycles. The predicted octanol–water partition coefficient (Wildman–Crippen LogP) is 4.34. The van der Waals surface area contributed by atoms with E-state index in [1.54, 1.807) is 6.07 Å². The minimum atomic E-state index is -0.288. The Labute approximate surface area is 161 Å². The second-order valence-electron chi connectivity index (χ2n) is 6.97. The summed E-state index contributed by atoms with van der Waals surface area (Å²) in [5.41, 5.74) is 3.44. The second-order valence-corrected chi connectivity index (χ2v) is 6.97. The highest BCUT2D eigenvalue weighted by atomic mass is 16.5. The molecule has 0 bridgehead atoms. The smallest absolute Gasteiger partial charge is 0.287 e. The number of hydrogen-bond acceptors (Lipinski definition) is 5. The molecule has 1 aliphatic rings. The number of para-hydroxylation sites is 1. The van der Waals surface area contributed by atoms with Crippen molar-refractivity contribution in [2.75, 3.05) is 0 Å². The summed E-state index contributed by atoms with van der Waals surface area (Å²) in [7, 11) is 0. The van der Waals surface area contributed by atoms with Gasteiger partial charge < -0.3 is 19.0 Å². The van der Waals surface area contributed by atoms with Crippen LogP contribution in [0.5, 0.6) is 5.75 Å². The molecular weight excluding hydrogens is 356 g/mol. The Hall–Kier alpha value is -3.54. The molecule has 1 unspecified atom stereocenters. The Morgan fingerprint density at radius 3 is 2.96 bits per heavy atom. The van der Waals surface area contributed by atoms with E-state index in [9.17, 15) is 4.79 Å². The van der Waals surface area contributed by atoms with Crippen molar-refractivity contribution in [2.45, 2.75) is 26.0 Å². The van der Waals surface area contributed by atoms with Crippen molar-refractivity contribution in [3.63, 3.8) is 0 Å². The first-order valence-electron chi connectivity index (χ1n) is 9.18. The van der Waals surface area contributed by atoms with Gasteiger partial charge in [-0.1, -0.05) is 23.4 Å². The molecule has 0 radical (unpaired) electrons. The van der Waals surface area contributed by atoms with Crippen LogP contribution in [0.3, 0.4) is 0 Å². The normalized spacial score (nSPS) is 15.4. The van der Waals surface area contributed by atoms with Crippen molar-refractivity contribution in [1.82, 2.24) is 10.5 Å². The zero-order valence-electron chi connectivity index (χ0n) is 15.3. The summed E-state index contributed by atoms with van der Waals surface area (Å²) in [6.07, 6.45) is 1.08. The summed E-state index contributed by atoms with van der Waals surface area (Å²) < 4.78 is 16.8. The lowest BCUT2D eigenvalue weighted by atomic mass is 10.1. The molecule has 0 saturated heterocycles. The van der Waals surface area contributed by atoms with Crippen LogP contribution in [0.1, 0.15) is 28.7 Å². The Morgan fingerprint density at radius 2 is 2.07 bits per heavy atom. The fraction of sp³-hybridized carbons (Fsp3) is 0.182. The van der Waals surface area contributed by atoms with E-state index < -0.39 is 0 Å². The number of aromatic nitrogens is 1. The van der Waals surface area contributed by atoms with Gasteiger partial charge in [0, 0.05) is 23.4 Å². The van der Waals surface area contributed by atoms with Crippen LogP contribution in [0.2, 0.25) is 0 Å². The van der Waals surface area contributed by atoms with Crippen molar-refractivity contribution in [3.05, 3.63) is 71.6 Å². The molecule has 5 rings (SSSR count). The third-order valence-electron chi connectivity index (χ3n) is 4.82. The standard InChI is InChI=1S/C22H18N2O4/c1-13-8-16-9-15(6-7-19(16)26-13)20-11-17(24-28-20)12-23-22(25)21-10-14-4-2-3-5-18(14)27-21/h2-7,9-11,13H,8,12H2,1H3,(H,23,25). The number of rotatable bonds is 4. The number of fused-ring (bicyclic) bond motifs is 2. The minimum absolute atomic E-state index is 0.198. The Morgan fingerprint density at radius 1 is 1.18 bits per heavy atom. The zero-order valence-corrected chi connectivity index (χ0v) is 15.3. The highest BCUT2D eigenvalue weighted by Gasteiger charge is 2.20. The van der Waals surface area contributed by atoms with Gasteiger partial charge in [-0.2, -0.15) is 0 Å². The lowest BCUT2D eigenvalue weighted by Gasteiger charge is -2.02. The van der Waals surface area contributed by atoms with Gasteiger partial charge >= 0.3 is 0 Å². The molecule has 6 heteroatoms. The highest BCUT2D eigenvalue weighted by Crippen LogP contribution is 2.33. The summed E-state index contributed by atoms with van der Waals surface area (Å²) in [5.74, 6) is 1.58. The summed E-state index contributed by atoms with van der Waals surface area (Å²) >= 11 is 0. The molecule has 1 amide bonds. The highest BCUT2D eigenvalue weighted by molar-refractivity contribution is 5.96. The van der Waals surface area contributed by atoms with Crippen LogP contribution >= 0.6 is 0 Å². The van der Waals surface area contributed by atoms with Crippen LogP contribution in [0.15, 0.2) is 63.5 Å². The van der Waals surface area contributed by atoms with Gasteiger partial charge in [-0.25, -0.2) is 0 Å². The number of carbonyl (C=O) groups excluding carboxylic acids is 1. The van der Waals surface area contributed by atoms with Crippen LogP contribution in [-0.2, 0) is 13.0 Å². The van der Waals surface area contributed by atoms with E-state index in [0.717, 1.165) is 23.1 Å². The molecule has 1 N–H and O–H groups in total. The molecule has 2 aromatic heterocycles. The van der Waals surface area contributed by atoms with E-state index >= 15 is 0 Å². The molecule has 0 fully saturated rings. The average Bonchev–Trinajstić information content (AvgIpc) is 3.42. The number of carbonyl (C=O) groups is 1. The number of amides is 1. The van der Waals surface area contributed by atoms with Crippen LogP contribution < -0.4 is 10.1 Å². The lowest BCUT2D eigenvalue weighted by molar-refractivity contribution is 0.0924. The number of benzene rings is 2. The summed E-state index contributed by atoms with van der Waals surface area (Å²) in [5, 5.41) is 7.77. The van der Waals surface area contributed by atoms with Gasteiger partial charge in [0.25, 0.3) is 5.91 Å². The SMILES string of the molecule is CC1Cc2cc(-c3cc(CNC(=O)c4cc5ccccc5o4)no3)ccc2O1. The molecule has 6 nitrogen and oxygen atoms in total. The summed E-state index contributed by atoms with van der Waals surface area (Å²) in [6.45, 7) is 2.31. The summed E-state index contributed by atoms with van der Waals surface area (Å²) in [6, 6.07) is 17.1. The molecule has 0 aliphatic carbocycles. The maximum Gasteiger partial charge on any atom is 0.287 e. The Bertz CT molecular complexity index is 1140. The average molecular weight is 374 g/mol. The van der Waals surface area contributed by atoms with Crippen LogP contribution in [0.4, 0.5) is 0 Å². The first-order valence-corrected chi connectivity index (χ1v) is 9.18. The number of nitrogens with zero attached hydrogens (tertiary/aromatic N) is 1. The quantitative estimate of drug-likeness (QED) is 0.575. The van der Waals surface area contributed by atoms with Crippen LogP contribution in [0.25, 0.3) is 22.3 Å². The van der Waals surface area contributed by atoms with Gasteiger partial charge in [-0.05, 0) is 42.8 Å². The van der Waals surface area contributed by atoms with E-state index in [1.165, 1.54) is 5.56 Å². The third kappa shape index (κ3) is 3.03. The van der Waals surface area contributed by atoms with E-state index in [-0.39, 0.29) is 24.3 Å². The fourth-order valence-electron chi connectivity index (χ4n) is 3.46. The first kappa shape index (κ1) is 16.6. The van der Waals surface area contributed by atoms with E-state index in [0.29, 0.717) is 17.0 Å². The molecule has 2 aromatic carbocycles. The monoisotopic (exact) mass is 374 g/mol. The van der Waals surface area contributed by atoms with Gasteiger partial charge in [0.2, 0.25) is 0 Å². The van der Waals surface area contributed by atoms with E-state index in [4.69, 9.17) is 13.7 Å². The largest absolute Gasteiger partial charge is 0.490 e. The Balaban J connectivity index is 1.28. The molecule has 1 aliphatic heterocycles. The predicted molar refractivity (Wildman–Crippen MR) is 103 cm³/mol. The molecular formula is C22H18N2O4. The fourth-order valence-corrected chi connectivity index (χ4v) is 3.46. The lowest BCUT2D eigenvalue weighted by Crippen LogP contribution is -2.22. The van der Waals surface area contributed by atoms with E-state index in [1.807, 2.05) is 42.5 Å². The number of hydrogen-bond donors (Lipinski definition) is 1.